The fraction of sp³-hybridized carbons (Fsp3) is 0.200. The zero-order valence-corrected chi connectivity index (χ0v) is 15.1. The second kappa shape index (κ2) is 8.16. The van der Waals surface area contributed by atoms with Gasteiger partial charge in [-0.1, -0.05) is 18.2 Å². The molecule has 1 heterocycles. The number of hydrogen-bond acceptors (Lipinski definition) is 3. The van der Waals surface area contributed by atoms with Gasteiger partial charge in [0.05, 0.1) is 16.8 Å². The molecular formula is C20H19F3N4O. The Bertz CT molecular complexity index is 966. The Labute approximate surface area is 160 Å². The molecule has 0 aliphatic carbocycles. The predicted octanol–water partition coefficient (Wildman–Crippen LogP) is 4.16. The van der Waals surface area contributed by atoms with Gasteiger partial charge in [0, 0.05) is 38.1 Å². The number of anilines is 2. The zero-order valence-electron chi connectivity index (χ0n) is 15.1. The van der Waals surface area contributed by atoms with Gasteiger partial charge in [-0.15, -0.1) is 0 Å². The number of alkyl halides is 3. The van der Waals surface area contributed by atoms with E-state index in [1.807, 2.05) is 17.8 Å². The van der Waals surface area contributed by atoms with Crippen LogP contribution in [-0.2, 0) is 19.6 Å². The van der Waals surface area contributed by atoms with Crippen molar-refractivity contribution in [2.75, 3.05) is 11.9 Å². The number of amides is 1. The lowest BCUT2D eigenvalue weighted by molar-refractivity contribution is -0.137. The van der Waals surface area contributed by atoms with Crippen molar-refractivity contribution in [3.8, 4) is 0 Å². The van der Waals surface area contributed by atoms with Crippen LogP contribution >= 0.6 is 0 Å². The minimum atomic E-state index is -4.43. The van der Waals surface area contributed by atoms with Gasteiger partial charge in [0.25, 0.3) is 5.91 Å². The van der Waals surface area contributed by atoms with E-state index in [4.69, 9.17) is 0 Å². The van der Waals surface area contributed by atoms with Crippen molar-refractivity contribution >= 4 is 17.3 Å². The molecule has 2 N–H and O–H groups in total. The van der Waals surface area contributed by atoms with Gasteiger partial charge in [-0.3, -0.25) is 4.79 Å². The molecule has 5 nitrogen and oxygen atoms in total. The van der Waals surface area contributed by atoms with Crippen LogP contribution in [-0.4, -0.2) is 22.0 Å². The highest BCUT2D eigenvalue weighted by Crippen LogP contribution is 2.31. The summed E-state index contributed by atoms with van der Waals surface area (Å²) in [7, 11) is 1.87. The monoisotopic (exact) mass is 388 g/mol. The van der Waals surface area contributed by atoms with E-state index in [1.54, 1.807) is 30.5 Å². The Balaban J connectivity index is 1.70. The maximum absolute atomic E-state index is 12.9. The van der Waals surface area contributed by atoms with Crippen molar-refractivity contribution in [1.82, 2.24) is 14.9 Å². The zero-order chi connectivity index (χ0) is 20.1. The van der Waals surface area contributed by atoms with E-state index < -0.39 is 11.7 Å². The lowest BCUT2D eigenvalue weighted by Crippen LogP contribution is -2.27. The first-order chi connectivity index (χ1) is 13.3. The molecule has 8 heteroatoms. The first kappa shape index (κ1) is 19.5. The number of rotatable bonds is 6. The van der Waals surface area contributed by atoms with Crippen LogP contribution in [0.15, 0.2) is 60.9 Å². The lowest BCUT2D eigenvalue weighted by Gasteiger charge is -2.14. The number of aryl methyl sites for hydroxylation is 1. The quantitative estimate of drug-likeness (QED) is 0.667. The number of carbonyl (C=O) groups excluding carboxylic acids is 1. The highest BCUT2D eigenvalue weighted by molar-refractivity contribution is 6.00. The molecule has 1 amide bonds. The third-order valence-corrected chi connectivity index (χ3v) is 4.20. The molecule has 0 unspecified atom stereocenters. The second-order valence-corrected chi connectivity index (χ2v) is 6.21. The van der Waals surface area contributed by atoms with Gasteiger partial charge in [-0.25, -0.2) is 4.98 Å². The molecule has 0 aliphatic heterocycles. The number of aromatic nitrogens is 2. The van der Waals surface area contributed by atoms with E-state index in [9.17, 15) is 18.0 Å². The highest BCUT2D eigenvalue weighted by Gasteiger charge is 2.30. The van der Waals surface area contributed by atoms with Crippen molar-refractivity contribution in [2.24, 2.45) is 7.05 Å². The summed E-state index contributed by atoms with van der Waals surface area (Å²) in [6.45, 7) is 0.390. The maximum atomic E-state index is 12.9. The normalized spacial score (nSPS) is 11.3. The largest absolute Gasteiger partial charge is 0.416 e. The molecule has 0 saturated heterocycles. The smallest absolute Gasteiger partial charge is 0.355 e. The summed E-state index contributed by atoms with van der Waals surface area (Å²) in [5, 5.41) is 5.72. The number of nitrogens with one attached hydrogen (secondary N) is 2. The lowest BCUT2D eigenvalue weighted by atomic mass is 10.1. The maximum Gasteiger partial charge on any atom is 0.416 e. The number of nitrogens with zero attached hydrogens (tertiary/aromatic N) is 2. The fourth-order valence-electron chi connectivity index (χ4n) is 2.74. The Morgan fingerprint density at radius 2 is 1.93 bits per heavy atom. The molecule has 1 aromatic heterocycles. The van der Waals surface area contributed by atoms with Crippen LogP contribution in [0.25, 0.3) is 0 Å². The van der Waals surface area contributed by atoms with Gasteiger partial charge >= 0.3 is 6.18 Å². The minimum Gasteiger partial charge on any atom is -0.355 e. The molecule has 0 atom stereocenters. The van der Waals surface area contributed by atoms with Crippen molar-refractivity contribution in [2.45, 2.75) is 12.6 Å². The number of para-hydroxylation sites is 1. The Kier molecular flexibility index (Phi) is 5.67. The SMILES string of the molecule is Cn1ccnc1CCNC(=O)c1ccccc1Nc1cccc(C(F)(F)F)c1. The minimum absolute atomic E-state index is 0.253. The number of halogens is 3. The van der Waals surface area contributed by atoms with Crippen LogP contribution in [0.5, 0.6) is 0 Å². The van der Waals surface area contributed by atoms with Crippen molar-refractivity contribution in [3.63, 3.8) is 0 Å². The van der Waals surface area contributed by atoms with Gasteiger partial charge < -0.3 is 15.2 Å². The molecule has 0 spiro atoms. The van der Waals surface area contributed by atoms with Gasteiger partial charge in [-0.05, 0) is 30.3 Å². The summed E-state index contributed by atoms with van der Waals surface area (Å²) in [5.74, 6) is 0.528. The van der Waals surface area contributed by atoms with Crippen molar-refractivity contribution < 1.29 is 18.0 Å². The van der Waals surface area contributed by atoms with E-state index in [0.29, 0.717) is 24.2 Å². The molecule has 146 valence electrons. The summed E-state index contributed by atoms with van der Waals surface area (Å²) in [4.78, 5) is 16.7. The first-order valence-electron chi connectivity index (χ1n) is 8.62. The summed E-state index contributed by atoms with van der Waals surface area (Å²) >= 11 is 0. The molecule has 0 fully saturated rings. The Morgan fingerprint density at radius 1 is 1.14 bits per heavy atom. The molecule has 0 radical (unpaired) electrons. The number of imidazole rings is 1. The van der Waals surface area contributed by atoms with Crippen LogP contribution in [0, 0.1) is 0 Å². The molecule has 3 rings (SSSR count). The second-order valence-electron chi connectivity index (χ2n) is 6.21. The topological polar surface area (TPSA) is 59.0 Å². The van der Waals surface area contributed by atoms with E-state index in [2.05, 4.69) is 15.6 Å². The summed E-state index contributed by atoms with van der Waals surface area (Å²) < 4.78 is 40.6. The number of benzene rings is 2. The van der Waals surface area contributed by atoms with Gasteiger partial charge in [0.1, 0.15) is 5.82 Å². The average molecular weight is 388 g/mol. The standard InChI is InChI=1S/C20H19F3N4O/c1-27-12-11-24-18(27)9-10-25-19(28)16-7-2-3-8-17(16)26-15-6-4-5-14(13-15)20(21,22)23/h2-8,11-13,26H,9-10H2,1H3,(H,25,28). The predicted molar refractivity (Wildman–Crippen MR) is 100 cm³/mol. The third kappa shape index (κ3) is 4.70. The van der Waals surface area contributed by atoms with E-state index in [0.717, 1.165) is 18.0 Å². The molecule has 2 aromatic carbocycles. The van der Waals surface area contributed by atoms with E-state index in [1.165, 1.54) is 12.1 Å². The van der Waals surface area contributed by atoms with Crippen LogP contribution in [0.2, 0.25) is 0 Å². The van der Waals surface area contributed by atoms with Gasteiger partial charge in [0.2, 0.25) is 0 Å². The highest BCUT2D eigenvalue weighted by atomic mass is 19.4. The fourth-order valence-corrected chi connectivity index (χ4v) is 2.74. The molecule has 0 aliphatic rings. The molecule has 0 bridgehead atoms. The van der Waals surface area contributed by atoms with Gasteiger partial charge in [0.15, 0.2) is 0 Å². The Morgan fingerprint density at radius 3 is 2.64 bits per heavy atom. The van der Waals surface area contributed by atoms with Crippen LogP contribution < -0.4 is 10.6 Å². The van der Waals surface area contributed by atoms with Crippen molar-refractivity contribution in [3.05, 3.63) is 77.9 Å². The number of hydrogen-bond donors (Lipinski definition) is 2. The molecular weight excluding hydrogens is 369 g/mol. The summed E-state index contributed by atoms with van der Waals surface area (Å²) in [5.41, 5.74) is 0.272. The average Bonchev–Trinajstić information content (AvgIpc) is 3.06. The van der Waals surface area contributed by atoms with Crippen LogP contribution in [0.3, 0.4) is 0 Å². The molecule has 28 heavy (non-hydrogen) atoms. The van der Waals surface area contributed by atoms with Gasteiger partial charge in [-0.2, -0.15) is 13.2 Å². The van der Waals surface area contributed by atoms with E-state index >= 15 is 0 Å². The number of carbonyl (C=O) groups is 1. The first-order valence-corrected chi connectivity index (χ1v) is 8.62. The van der Waals surface area contributed by atoms with Crippen molar-refractivity contribution in [1.29, 1.82) is 0 Å². The molecule has 3 aromatic rings. The van der Waals surface area contributed by atoms with Crippen LogP contribution in [0.4, 0.5) is 24.5 Å². The third-order valence-electron chi connectivity index (χ3n) is 4.20. The van der Waals surface area contributed by atoms with E-state index in [-0.39, 0.29) is 11.6 Å². The summed E-state index contributed by atoms with van der Waals surface area (Å²) in [6, 6.07) is 11.5. The van der Waals surface area contributed by atoms with Crippen LogP contribution in [0.1, 0.15) is 21.7 Å². The molecule has 0 saturated carbocycles. The summed E-state index contributed by atoms with van der Waals surface area (Å²) in [6.07, 6.45) is -0.352. The Hall–Kier alpha value is -3.29.